The summed E-state index contributed by atoms with van der Waals surface area (Å²) < 4.78 is 18.9. The highest BCUT2D eigenvalue weighted by molar-refractivity contribution is 5.77. The Morgan fingerprint density at radius 1 is 1.09 bits per heavy atom. The van der Waals surface area contributed by atoms with E-state index in [1.807, 2.05) is 59.3 Å². The number of carbonyl (C=O) groups excluding carboxylic acids is 1. The minimum Gasteiger partial charge on any atom is -0.497 e. The lowest BCUT2D eigenvalue weighted by Crippen LogP contribution is -2.45. The lowest BCUT2D eigenvalue weighted by molar-refractivity contribution is -0.124. The van der Waals surface area contributed by atoms with Crippen molar-refractivity contribution in [3.8, 4) is 11.5 Å². The molecular weight excluding hydrogens is 446 g/mol. The number of methoxy groups -OCH3 is 1. The number of hydrogen-bond acceptors (Lipinski definition) is 7. The van der Waals surface area contributed by atoms with Crippen LogP contribution in [0.3, 0.4) is 0 Å². The maximum absolute atomic E-state index is 12.3. The average molecular weight is 478 g/mol. The minimum atomic E-state index is -0.0803. The average Bonchev–Trinajstić information content (AvgIpc) is 3.31. The fraction of sp³-hybridized carbons (Fsp3) is 0.423. The zero-order chi connectivity index (χ0) is 24.0. The van der Waals surface area contributed by atoms with Gasteiger partial charge in [0.15, 0.2) is 6.61 Å². The summed E-state index contributed by atoms with van der Waals surface area (Å²) in [5.41, 5.74) is 3.12. The van der Waals surface area contributed by atoms with Crippen LogP contribution < -0.4 is 14.8 Å². The van der Waals surface area contributed by atoms with Crippen molar-refractivity contribution in [1.82, 2.24) is 25.2 Å². The summed E-state index contributed by atoms with van der Waals surface area (Å²) in [6.45, 7) is 3.71. The van der Waals surface area contributed by atoms with Crippen molar-refractivity contribution >= 4 is 5.91 Å². The summed E-state index contributed by atoms with van der Waals surface area (Å²) in [7, 11) is 1.66. The van der Waals surface area contributed by atoms with Gasteiger partial charge in [0.25, 0.3) is 5.91 Å². The molecule has 9 nitrogen and oxygen atoms in total. The Balaban J connectivity index is 1.08. The molecule has 3 aromatic rings. The normalized spacial score (nSPS) is 18.6. The van der Waals surface area contributed by atoms with Gasteiger partial charge in [0, 0.05) is 25.7 Å². The van der Waals surface area contributed by atoms with Crippen LogP contribution in [0, 0.1) is 0 Å². The number of aromatic nitrogens is 3. The van der Waals surface area contributed by atoms with E-state index >= 15 is 0 Å². The van der Waals surface area contributed by atoms with Gasteiger partial charge in [-0.2, -0.15) is 0 Å². The molecule has 35 heavy (non-hydrogen) atoms. The number of ether oxygens (including phenoxy) is 3. The molecule has 1 amide bonds. The molecule has 9 heteroatoms. The van der Waals surface area contributed by atoms with Crippen molar-refractivity contribution in [2.24, 2.45) is 0 Å². The Kier molecular flexibility index (Phi) is 7.25. The molecule has 1 saturated heterocycles. The van der Waals surface area contributed by atoms with Crippen LogP contribution >= 0.6 is 0 Å². The first-order valence-corrected chi connectivity index (χ1v) is 12.0. The van der Waals surface area contributed by atoms with E-state index in [0.29, 0.717) is 18.9 Å². The molecule has 1 N–H and O–H groups in total. The van der Waals surface area contributed by atoms with Gasteiger partial charge in [0.05, 0.1) is 26.0 Å². The predicted octanol–water partition coefficient (Wildman–Crippen LogP) is 2.72. The second-order valence-corrected chi connectivity index (χ2v) is 8.96. The van der Waals surface area contributed by atoms with Crippen LogP contribution in [0.2, 0.25) is 0 Å². The summed E-state index contributed by atoms with van der Waals surface area (Å²) in [5, 5.41) is 11.9. The molecule has 5 rings (SSSR count). The molecule has 1 unspecified atom stereocenters. The van der Waals surface area contributed by atoms with E-state index in [0.717, 1.165) is 55.2 Å². The number of amides is 1. The van der Waals surface area contributed by atoms with Crippen LogP contribution in [0.25, 0.3) is 0 Å². The Morgan fingerprint density at radius 3 is 2.60 bits per heavy atom. The van der Waals surface area contributed by atoms with E-state index in [9.17, 15) is 4.79 Å². The van der Waals surface area contributed by atoms with Crippen LogP contribution in [-0.2, 0) is 29.2 Å². The summed E-state index contributed by atoms with van der Waals surface area (Å²) in [6, 6.07) is 17.5. The first-order chi connectivity index (χ1) is 17.2. The molecule has 2 aliphatic rings. The second kappa shape index (κ2) is 10.9. The number of benzene rings is 2. The van der Waals surface area contributed by atoms with Gasteiger partial charge in [-0.3, -0.25) is 9.69 Å². The van der Waals surface area contributed by atoms with Gasteiger partial charge in [-0.15, -0.1) is 5.10 Å². The Morgan fingerprint density at radius 2 is 1.86 bits per heavy atom. The molecule has 0 bridgehead atoms. The summed E-state index contributed by atoms with van der Waals surface area (Å²) in [6.07, 6.45) is 1.75. The zero-order valence-electron chi connectivity index (χ0n) is 19.9. The molecule has 0 saturated carbocycles. The molecule has 1 atom stereocenters. The number of para-hydroxylation sites is 1. The lowest BCUT2D eigenvalue weighted by atomic mass is 10.0. The van der Waals surface area contributed by atoms with E-state index in [4.69, 9.17) is 14.2 Å². The van der Waals surface area contributed by atoms with Gasteiger partial charge in [0.1, 0.15) is 23.3 Å². The fourth-order valence-corrected chi connectivity index (χ4v) is 4.59. The first-order valence-electron chi connectivity index (χ1n) is 12.0. The SMILES string of the molecule is COc1ccc(C2Cn3nnc(CN4CCC(NC(=O)COc5ccccc5)CC4)c3CO2)cc1. The number of nitrogens with one attached hydrogen (secondary N) is 1. The van der Waals surface area contributed by atoms with Crippen molar-refractivity contribution in [2.45, 2.75) is 44.7 Å². The van der Waals surface area contributed by atoms with Crippen molar-refractivity contribution in [1.29, 1.82) is 0 Å². The van der Waals surface area contributed by atoms with Crippen LogP contribution in [0.4, 0.5) is 0 Å². The van der Waals surface area contributed by atoms with E-state index in [2.05, 4.69) is 20.5 Å². The molecule has 0 aliphatic carbocycles. The highest BCUT2D eigenvalue weighted by Crippen LogP contribution is 2.28. The van der Waals surface area contributed by atoms with Crippen molar-refractivity contribution in [2.75, 3.05) is 26.8 Å². The lowest BCUT2D eigenvalue weighted by Gasteiger charge is -2.32. The minimum absolute atomic E-state index is 0.0359. The summed E-state index contributed by atoms with van der Waals surface area (Å²) >= 11 is 0. The third-order valence-corrected chi connectivity index (χ3v) is 6.60. The van der Waals surface area contributed by atoms with Gasteiger partial charge in [-0.05, 0) is 42.7 Å². The number of nitrogens with zero attached hydrogens (tertiary/aromatic N) is 4. The van der Waals surface area contributed by atoms with Gasteiger partial charge >= 0.3 is 0 Å². The topological polar surface area (TPSA) is 90.7 Å². The van der Waals surface area contributed by atoms with Crippen molar-refractivity contribution in [3.05, 3.63) is 71.5 Å². The molecule has 2 aromatic carbocycles. The van der Waals surface area contributed by atoms with Crippen LogP contribution in [0.15, 0.2) is 54.6 Å². The number of carbonyl (C=O) groups is 1. The predicted molar refractivity (Wildman–Crippen MR) is 129 cm³/mol. The molecule has 0 radical (unpaired) electrons. The number of likely N-dealkylation sites (tertiary alicyclic amines) is 1. The highest BCUT2D eigenvalue weighted by atomic mass is 16.5. The van der Waals surface area contributed by atoms with Crippen molar-refractivity contribution < 1.29 is 19.0 Å². The molecule has 1 fully saturated rings. The van der Waals surface area contributed by atoms with Gasteiger partial charge < -0.3 is 19.5 Å². The number of piperidine rings is 1. The van der Waals surface area contributed by atoms with E-state index in [1.54, 1.807) is 7.11 Å². The Bertz CT molecular complexity index is 1110. The smallest absolute Gasteiger partial charge is 0.258 e. The van der Waals surface area contributed by atoms with Gasteiger partial charge in [0.2, 0.25) is 0 Å². The highest BCUT2D eigenvalue weighted by Gasteiger charge is 2.27. The largest absolute Gasteiger partial charge is 0.497 e. The second-order valence-electron chi connectivity index (χ2n) is 8.96. The standard InChI is InChI=1S/C26H31N5O4/c1-33-21-9-7-19(8-10-21)25-16-31-24(17-35-25)23(28-29-31)15-30-13-11-20(12-14-30)27-26(32)18-34-22-5-3-2-4-6-22/h2-10,20,25H,11-18H2,1H3,(H,27,32). The molecule has 3 heterocycles. The summed E-state index contributed by atoms with van der Waals surface area (Å²) in [5.74, 6) is 1.45. The maximum atomic E-state index is 12.3. The number of fused-ring (bicyclic) bond motifs is 1. The number of rotatable bonds is 8. The monoisotopic (exact) mass is 477 g/mol. The zero-order valence-corrected chi connectivity index (χ0v) is 19.9. The molecule has 184 valence electrons. The quantitative estimate of drug-likeness (QED) is 0.533. The van der Waals surface area contributed by atoms with E-state index in [-0.39, 0.29) is 24.7 Å². The first kappa shape index (κ1) is 23.3. The van der Waals surface area contributed by atoms with Gasteiger partial charge in [-0.25, -0.2) is 4.68 Å². The molecule has 1 aromatic heterocycles. The molecular formula is C26H31N5O4. The Labute approximate surface area is 205 Å². The Hall–Kier alpha value is -3.43. The third kappa shape index (κ3) is 5.80. The fourth-order valence-electron chi connectivity index (χ4n) is 4.59. The molecule has 2 aliphatic heterocycles. The van der Waals surface area contributed by atoms with E-state index in [1.165, 1.54) is 0 Å². The third-order valence-electron chi connectivity index (χ3n) is 6.60. The molecule has 0 spiro atoms. The van der Waals surface area contributed by atoms with Crippen LogP contribution in [-0.4, -0.2) is 58.6 Å². The van der Waals surface area contributed by atoms with Gasteiger partial charge in [-0.1, -0.05) is 35.5 Å². The summed E-state index contributed by atoms with van der Waals surface area (Å²) in [4.78, 5) is 14.6. The van der Waals surface area contributed by atoms with Crippen molar-refractivity contribution in [3.63, 3.8) is 0 Å². The maximum Gasteiger partial charge on any atom is 0.258 e. The van der Waals surface area contributed by atoms with Crippen LogP contribution in [0.1, 0.15) is 35.9 Å². The van der Waals surface area contributed by atoms with E-state index < -0.39 is 0 Å². The number of hydrogen-bond donors (Lipinski definition) is 1. The van der Waals surface area contributed by atoms with Crippen LogP contribution in [0.5, 0.6) is 11.5 Å².